The average molecular weight is 247 g/mol. The van der Waals surface area contributed by atoms with Gasteiger partial charge < -0.3 is 9.64 Å². The molecule has 0 aliphatic heterocycles. The lowest BCUT2D eigenvalue weighted by Crippen LogP contribution is -2.35. The van der Waals surface area contributed by atoms with Crippen LogP contribution < -0.4 is 4.74 Å². The van der Waals surface area contributed by atoms with Gasteiger partial charge in [-0.25, -0.2) is 0 Å². The molecule has 0 bridgehead atoms. The summed E-state index contributed by atoms with van der Waals surface area (Å²) < 4.78 is 7.40. The van der Waals surface area contributed by atoms with Crippen molar-refractivity contribution in [1.29, 1.82) is 0 Å². The maximum absolute atomic E-state index is 11.8. The first-order chi connectivity index (χ1) is 8.50. The summed E-state index contributed by atoms with van der Waals surface area (Å²) in [5.74, 6) is 0.417. The summed E-state index contributed by atoms with van der Waals surface area (Å²) in [5.41, 5.74) is 0.983. The minimum atomic E-state index is -0.543. The number of hydrogen-bond donors (Lipinski definition) is 0. The predicted molar refractivity (Wildman–Crippen MR) is 69.5 cm³/mol. The van der Waals surface area contributed by atoms with Crippen LogP contribution in [0.5, 0.6) is 5.88 Å². The molecule has 0 saturated heterocycles. The van der Waals surface area contributed by atoms with Gasteiger partial charge in [-0.15, -0.1) is 5.10 Å². The van der Waals surface area contributed by atoms with Crippen molar-refractivity contribution in [2.24, 2.45) is 7.05 Å². The molecule has 1 heterocycles. The van der Waals surface area contributed by atoms with E-state index in [0.717, 1.165) is 10.9 Å². The number of likely N-dealkylation sites (N-methyl/N-ethyl adjacent to an activating group) is 1. The Bertz CT molecular complexity index is 575. The van der Waals surface area contributed by atoms with Gasteiger partial charge in [0.05, 0.1) is 10.9 Å². The summed E-state index contributed by atoms with van der Waals surface area (Å²) in [4.78, 5) is 13.3. The number of aryl methyl sites for hydroxylation is 1. The first-order valence-electron chi connectivity index (χ1n) is 5.80. The Kier molecular flexibility index (Phi) is 3.23. The number of benzene rings is 1. The second-order valence-electron chi connectivity index (χ2n) is 4.44. The summed E-state index contributed by atoms with van der Waals surface area (Å²) in [6, 6.07) is 7.77. The standard InChI is InChI=1S/C13H17N3O2/c1-9(13(17)15(2)3)18-12-10-7-5-6-8-11(10)16(4)14-12/h5-9H,1-4H3/t9-/m1/s1. The third-order valence-corrected chi connectivity index (χ3v) is 2.80. The van der Waals surface area contributed by atoms with E-state index < -0.39 is 6.10 Å². The number of nitrogens with zero attached hydrogens (tertiary/aromatic N) is 3. The maximum atomic E-state index is 11.8. The lowest BCUT2D eigenvalue weighted by Gasteiger charge is -2.16. The van der Waals surface area contributed by atoms with Crippen molar-refractivity contribution in [2.75, 3.05) is 14.1 Å². The summed E-state index contributed by atoms with van der Waals surface area (Å²) in [5, 5.41) is 5.21. The molecule has 1 atom stereocenters. The van der Waals surface area contributed by atoms with Crippen molar-refractivity contribution in [1.82, 2.24) is 14.7 Å². The van der Waals surface area contributed by atoms with Crippen molar-refractivity contribution >= 4 is 16.8 Å². The van der Waals surface area contributed by atoms with Crippen LogP contribution in [0.25, 0.3) is 10.9 Å². The monoisotopic (exact) mass is 247 g/mol. The molecule has 0 unspecified atom stereocenters. The van der Waals surface area contributed by atoms with E-state index >= 15 is 0 Å². The molecule has 96 valence electrons. The number of rotatable bonds is 3. The molecule has 0 spiro atoms. The van der Waals surface area contributed by atoms with Crippen LogP contribution in [0.2, 0.25) is 0 Å². The largest absolute Gasteiger partial charge is 0.463 e. The maximum Gasteiger partial charge on any atom is 0.262 e. The lowest BCUT2D eigenvalue weighted by molar-refractivity contribution is -0.135. The zero-order chi connectivity index (χ0) is 13.3. The molecule has 5 nitrogen and oxygen atoms in total. The molecule has 18 heavy (non-hydrogen) atoms. The Morgan fingerprint density at radius 2 is 2.06 bits per heavy atom. The molecular formula is C13H17N3O2. The van der Waals surface area contributed by atoms with E-state index in [4.69, 9.17) is 4.74 Å². The molecule has 0 radical (unpaired) electrons. The number of para-hydroxylation sites is 1. The SMILES string of the molecule is C[C@@H](Oc1nn(C)c2ccccc12)C(=O)N(C)C. The molecule has 2 aromatic rings. The van der Waals surface area contributed by atoms with Crippen molar-refractivity contribution in [3.05, 3.63) is 24.3 Å². The minimum Gasteiger partial charge on any atom is -0.463 e. The molecule has 0 aliphatic rings. The number of fused-ring (bicyclic) bond motifs is 1. The highest BCUT2D eigenvalue weighted by molar-refractivity contribution is 5.85. The van der Waals surface area contributed by atoms with Gasteiger partial charge in [-0.2, -0.15) is 0 Å². The highest BCUT2D eigenvalue weighted by Gasteiger charge is 2.19. The Morgan fingerprint density at radius 3 is 2.72 bits per heavy atom. The van der Waals surface area contributed by atoms with Crippen LogP contribution in [0.4, 0.5) is 0 Å². The van der Waals surface area contributed by atoms with Gasteiger partial charge in [-0.3, -0.25) is 9.48 Å². The number of carbonyl (C=O) groups excluding carboxylic acids is 1. The van der Waals surface area contributed by atoms with E-state index in [1.54, 1.807) is 25.7 Å². The molecule has 1 aromatic heterocycles. The van der Waals surface area contributed by atoms with Crippen molar-refractivity contribution < 1.29 is 9.53 Å². The topological polar surface area (TPSA) is 47.4 Å². The second kappa shape index (κ2) is 4.68. The predicted octanol–water partition coefficient (Wildman–Crippen LogP) is 1.43. The van der Waals surface area contributed by atoms with Crippen molar-refractivity contribution in [3.8, 4) is 5.88 Å². The molecule has 2 rings (SSSR count). The number of hydrogen-bond acceptors (Lipinski definition) is 3. The average Bonchev–Trinajstić information content (AvgIpc) is 2.66. The Labute approximate surface area is 106 Å². The van der Waals surface area contributed by atoms with Crippen molar-refractivity contribution in [3.63, 3.8) is 0 Å². The fourth-order valence-electron chi connectivity index (χ4n) is 1.85. The quantitative estimate of drug-likeness (QED) is 0.824. The van der Waals surface area contributed by atoms with Gasteiger partial charge in [-0.05, 0) is 19.1 Å². The van der Waals surface area contributed by atoms with Gasteiger partial charge in [-0.1, -0.05) is 12.1 Å². The first-order valence-corrected chi connectivity index (χ1v) is 5.80. The van der Waals surface area contributed by atoms with Crippen LogP contribution in [0.1, 0.15) is 6.92 Å². The van der Waals surface area contributed by atoms with E-state index in [9.17, 15) is 4.79 Å². The van der Waals surface area contributed by atoms with Crippen LogP contribution in [-0.2, 0) is 11.8 Å². The van der Waals surface area contributed by atoms with E-state index in [2.05, 4.69) is 5.10 Å². The van der Waals surface area contributed by atoms with E-state index in [1.165, 1.54) is 4.90 Å². The second-order valence-corrected chi connectivity index (χ2v) is 4.44. The van der Waals surface area contributed by atoms with E-state index in [1.807, 2.05) is 31.3 Å². The minimum absolute atomic E-state index is 0.0789. The number of carbonyl (C=O) groups is 1. The molecule has 5 heteroatoms. The number of ether oxygens (including phenoxy) is 1. The van der Waals surface area contributed by atoms with Crippen LogP contribution >= 0.6 is 0 Å². The number of aromatic nitrogens is 2. The summed E-state index contributed by atoms with van der Waals surface area (Å²) >= 11 is 0. The lowest BCUT2D eigenvalue weighted by atomic mass is 10.2. The number of amides is 1. The van der Waals surface area contributed by atoms with Crippen LogP contribution in [-0.4, -0.2) is 40.8 Å². The summed E-state index contributed by atoms with van der Waals surface area (Å²) in [6.07, 6.45) is -0.543. The Balaban J connectivity index is 2.30. The molecule has 0 aliphatic carbocycles. The third kappa shape index (κ3) is 2.16. The molecule has 1 amide bonds. The molecular weight excluding hydrogens is 230 g/mol. The molecule has 0 saturated carbocycles. The van der Waals surface area contributed by atoms with Gasteiger partial charge in [0.25, 0.3) is 5.91 Å². The fraction of sp³-hybridized carbons (Fsp3) is 0.385. The highest BCUT2D eigenvalue weighted by Crippen LogP contribution is 2.24. The van der Waals surface area contributed by atoms with Crippen LogP contribution in [0.15, 0.2) is 24.3 Å². The van der Waals surface area contributed by atoms with Gasteiger partial charge in [0, 0.05) is 21.1 Å². The van der Waals surface area contributed by atoms with Gasteiger partial charge >= 0.3 is 0 Å². The summed E-state index contributed by atoms with van der Waals surface area (Å²) in [7, 11) is 5.27. The van der Waals surface area contributed by atoms with E-state index in [-0.39, 0.29) is 5.91 Å². The first kappa shape index (κ1) is 12.4. The normalized spacial score (nSPS) is 12.4. The van der Waals surface area contributed by atoms with Crippen LogP contribution in [0, 0.1) is 0 Å². The van der Waals surface area contributed by atoms with Crippen molar-refractivity contribution in [2.45, 2.75) is 13.0 Å². The molecule has 0 fully saturated rings. The Hall–Kier alpha value is -2.04. The third-order valence-electron chi connectivity index (χ3n) is 2.80. The molecule has 1 aromatic carbocycles. The van der Waals surface area contributed by atoms with E-state index in [0.29, 0.717) is 5.88 Å². The zero-order valence-electron chi connectivity index (χ0n) is 11.0. The van der Waals surface area contributed by atoms with Crippen LogP contribution in [0.3, 0.4) is 0 Å². The summed E-state index contributed by atoms with van der Waals surface area (Å²) in [6.45, 7) is 1.73. The molecule has 0 N–H and O–H groups in total. The fourth-order valence-corrected chi connectivity index (χ4v) is 1.85. The zero-order valence-corrected chi connectivity index (χ0v) is 11.0. The smallest absolute Gasteiger partial charge is 0.262 e. The van der Waals surface area contributed by atoms with Gasteiger partial charge in [0.1, 0.15) is 0 Å². The Morgan fingerprint density at radius 1 is 1.39 bits per heavy atom. The van der Waals surface area contributed by atoms with Gasteiger partial charge in [0.2, 0.25) is 5.88 Å². The van der Waals surface area contributed by atoms with Gasteiger partial charge in [0.15, 0.2) is 6.10 Å². The highest BCUT2D eigenvalue weighted by atomic mass is 16.5.